The number of nitrogens with zero attached hydrogens (tertiary/aromatic N) is 1. The second-order valence-electron chi connectivity index (χ2n) is 6.96. The summed E-state index contributed by atoms with van der Waals surface area (Å²) < 4.78 is 11.0. The molecule has 7 heteroatoms. The number of ether oxygens (including phenoxy) is 2. The Bertz CT molecular complexity index is 618. The van der Waals surface area contributed by atoms with Gasteiger partial charge >= 0.3 is 0 Å². The fraction of sp³-hybridized carbons (Fsp3) is 0.579. The van der Waals surface area contributed by atoms with Gasteiger partial charge in [-0.1, -0.05) is 12.1 Å². The molecular weight excluding hydrogens is 334 g/mol. The zero-order valence-corrected chi connectivity index (χ0v) is 15.4. The Kier molecular flexibility index (Phi) is 6.24. The van der Waals surface area contributed by atoms with E-state index in [0.29, 0.717) is 45.0 Å². The Morgan fingerprint density at radius 1 is 1.19 bits per heavy atom. The average Bonchev–Trinajstić information content (AvgIpc) is 2.66. The van der Waals surface area contributed by atoms with Gasteiger partial charge in [-0.15, -0.1) is 0 Å². The number of morpholine rings is 2. The van der Waals surface area contributed by atoms with Crippen LogP contribution in [-0.4, -0.2) is 67.8 Å². The van der Waals surface area contributed by atoms with E-state index in [1.54, 1.807) is 0 Å². The molecule has 2 amide bonds. The predicted octanol–water partition coefficient (Wildman–Crippen LogP) is 0.541. The lowest BCUT2D eigenvalue weighted by Gasteiger charge is -2.35. The zero-order valence-electron chi connectivity index (χ0n) is 15.4. The fourth-order valence-electron chi connectivity index (χ4n) is 3.34. The van der Waals surface area contributed by atoms with Crippen molar-refractivity contribution in [3.63, 3.8) is 0 Å². The van der Waals surface area contributed by atoms with Crippen LogP contribution in [0.25, 0.3) is 0 Å². The van der Waals surface area contributed by atoms with Crippen LogP contribution in [0, 0.1) is 0 Å². The monoisotopic (exact) mass is 361 g/mol. The summed E-state index contributed by atoms with van der Waals surface area (Å²) in [5.74, 6) is -0.0488. The molecule has 0 saturated carbocycles. The lowest BCUT2D eigenvalue weighted by molar-refractivity contribution is -0.126. The molecule has 0 spiro atoms. The maximum absolute atomic E-state index is 12.7. The van der Waals surface area contributed by atoms with Gasteiger partial charge in [0.25, 0.3) is 5.91 Å². The Balaban J connectivity index is 1.53. The van der Waals surface area contributed by atoms with E-state index >= 15 is 0 Å². The minimum Gasteiger partial charge on any atom is -0.378 e. The summed E-state index contributed by atoms with van der Waals surface area (Å²) in [4.78, 5) is 26.6. The van der Waals surface area contributed by atoms with Crippen molar-refractivity contribution in [3.05, 3.63) is 35.4 Å². The Morgan fingerprint density at radius 3 is 2.50 bits per heavy atom. The highest BCUT2D eigenvalue weighted by atomic mass is 16.5. The molecule has 0 radical (unpaired) electrons. The lowest BCUT2D eigenvalue weighted by Crippen LogP contribution is -2.51. The van der Waals surface area contributed by atoms with E-state index in [-0.39, 0.29) is 30.1 Å². The van der Waals surface area contributed by atoms with Crippen LogP contribution in [0.1, 0.15) is 29.8 Å². The van der Waals surface area contributed by atoms with Crippen LogP contribution >= 0.6 is 0 Å². The highest BCUT2D eigenvalue weighted by Crippen LogP contribution is 2.15. The summed E-state index contributed by atoms with van der Waals surface area (Å²) in [6, 6.07) is 7.10. The summed E-state index contributed by atoms with van der Waals surface area (Å²) in [5, 5.41) is 6.02. The molecule has 0 aromatic heterocycles. The van der Waals surface area contributed by atoms with Gasteiger partial charge in [0.1, 0.15) is 6.04 Å². The number of hydrogen-bond acceptors (Lipinski definition) is 5. The molecule has 3 rings (SSSR count). The third-order valence-electron chi connectivity index (χ3n) is 4.61. The molecule has 2 heterocycles. The summed E-state index contributed by atoms with van der Waals surface area (Å²) in [5.41, 5.74) is 1.61. The number of nitrogens with one attached hydrogen (secondary N) is 2. The quantitative estimate of drug-likeness (QED) is 0.818. The van der Waals surface area contributed by atoms with Crippen molar-refractivity contribution in [3.8, 4) is 0 Å². The van der Waals surface area contributed by atoms with Crippen molar-refractivity contribution in [1.29, 1.82) is 0 Å². The number of hydrogen-bond donors (Lipinski definition) is 2. The van der Waals surface area contributed by atoms with Gasteiger partial charge in [-0.2, -0.15) is 0 Å². The molecule has 7 nitrogen and oxygen atoms in total. The second-order valence-corrected chi connectivity index (χ2v) is 6.96. The van der Waals surface area contributed by atoms with Crippen LogP contribution in [-0.2, 0) is 20.8 Å². The molecule has 2 saturated heterocycles. The molecule has 2 aliphatic heterocycles. The van der Waals surface area contributed by atoms with Crippen LogP contribution in [0.4, 0.5) is 0 Å². The van der Waals surface area contributed by atoms with Gasteiger partial charge < -0.3 is 25.0 Å². The van der Waals surface area contributed by atoms with Crippen molar-refractivity contribution in [2.45, 2.75) is 38.6 Å². The normalized spacial score (nSPS) is 26.4. The third-order valence-corrected chi connectivity index (χ3v) is 4.61. The summed E-state index contributed by atoms with van der Waals surface area (Å²) in [7, 11) is 0. The van der Waals surface area contributed by atoms with Crippen molar-refractivity contribution in [2.24, 2.45) is 0 Å². The molecule has 1 aromatic carbocycles. The number of benzene rings is 1. The van der Waals surface area contributed by atoms with Crippen molar-refractivity contribution in [1.82, 2.24) is 15.5 Å². The standard InChI is InChI=1S/C19H27N3O4/c1-13-10-22(11-14(2)26-13)19(24)16-5-3-15(4-6-16)9-21-18(23)17-12-25-8-7-20-17/h3-6,13-14,17,20H,7-12H2,1-2H3,(H,21,23). The van der Waals surface area contributed by atoms with Gasteiger partial charge in [-0.25, -0.2) is 0 Å². The van der Waals surface area contributed by atoms with E-state index < -0.39 is 0 Å². The van der Waals surface area contributed by atoms with Crippen LogP contribution in [0.15, 0.2) is 24.3 Å². The predicted molar refractivity (Wildman–Crippen MR) is 96.8 cm³/mol. The minimum atomic E-state index is -0.296. The van der Waals surface area contributed by atoms with Crippen LogP contribution in [0.2, 0.25) is 0 Å². The van der Waals surface area contributed by atoms with E-state index in [4.69, 9.17) is 9.47 Å². The highest BCUT2D eigenvalue weighted by Gasteiger charge is 2.26. The van der Waals surface area contributed by atoms with E-state index in [9.17, 15) is 9.59 Å². The molecule has 0 aliphatic carbocycles. The number of rotatable bonds is 4. The van der Waals surface area contributed by atoms with Gasteiger partial charge in [0.2, 0.25) is 5.91 Å². The first-order valence-electron chi connectivity index (χ1n) is 9.15. The molecule has 1 aromatic rings. The summed E-state index contributed by atoms with van der Waals surface area (Å²) >= 11 is 0. The number of carbonyl (C=O) groups excluding carboxylic acids is 2. The van der Waals surface area contributed by atoms with Crippen molar-refractivity contribution < 1.29 is 19.1 Å². The Morgan fingerprint density at radius 2 is 1.88 bits per heavy atom. The first-order valence-corrected chi connectivity index (χ1v) is 9.15. The minimum absolute atomic E-state index is 0.0196. The maximum Gasteiger partial charge on any atom is 0.254 e. The second kappa shape index (κ2) is 8.62. The van der Waals surface area contributed by atoms with Gasteiger partial charge in [0, 0.05) is 31.7 Å². The molecule has 142 valence electrons. The van der Waals surface area contributed by atoms with Crippen LogP contribution in [0.3, 0.4) is 0 Å². The molecule has 2 N–H and O–H groups in total. The average molecular weight is 361 g/mol. The van der Waals surface area contributed by atoms with E-state index in [1.165, 1.54) is 0 Å². The highest BCUT2D eigenvalue weighted by molar-refractivity contribution is 5.94. The Hall–Kier alpha value is -1.96. The Labute approximate surface area is 154 Å². The molecule has 3 unspecified atom stereocenters. The molecule has 3 atom stereocenters. The van der Waals surface area contributed by atoms with Gasteiger partial charge in [0.05, 0.1) is 25.4 Å². The molecular formula is C19H27N3O4. The fourth-order valence-corrected chi connectivity index (χ4v) is 3.34. The van der Waals surface area contributed by atoms with E-state index in [0.717, 1.165) is 5.56 Å². The van der Waals surface area contributed by atoms with Gasteiger partial charge in [-0.05, 0) is 31.5 Å². The first kappa shape index (κ1) is 18.8. The lowest BCUT2D eigenvalue weighted by atomic mass is 10.1. The number of carbonyl (C=O) groups is 2. The van der Waals surface area contributed by atoms with Crippen molar-refractivity contribution >= 4 is 11.8 Å². The van der Waals surface area contributed by atoms with E-state index in [2.05, 4.69) is 10.6 Å². The topological polar surface area (TPSA) is 79.9 Å². The van der Waals surface area contributed by atoms with Crippen LogP contribution < -0.4 is 10.6 Å². The van der Waals surface area contributed by atoms with Gasteiger partial charge in [-0.3, -0.25) is 9.59 Å². The first-order chi connectivity index (χ1) is 12.5. The number of amides is 2. The van der Waals surface area contributed by atoms with Crippen LogP contribution in [0.5, 0.6) is 0 Å². The van der Waals surface area contributed by atoms with E-state index in [1.807, 2.05) is 43.0 Å². The zero-order chi connectivity index (χ0) is 18.5. The third kappa shape index (κ3) is 4.81. The largest absolute Gasteiger partial charge is 0.378 e. The molecule has 0 bridgehead atoms. The molecule has 26 heavy (non-hydrogen) atoms. The van der Waals surface area contributed by atoms with Gasteiger partial charge in [0.15, 0.2) is 0 Å². The molecule has 2 aliphatic rings. The smallest absolute Gasteiger partial charge is 0.254 e. The summed E-state index contributed by atoms with van der Waals surface area (Å²) in [6.07, 6.45) is 0.101. The molecule has 2 fully saturated rings. The summed E-state index contributed by atoms with van der Waals surface area (Å²) in [6.45, 7) is 7.33. The SMILES string of the molecule is CC1CN(C(=O)c2ccc(CNC(=O)C3COCCN3)cc2)CC(C)O1. The van der Waals surface area contributed by atoms with Crippen molar-refractivity contribution in [2.75, 3.05) is 32.8 Å². The maximum atomic E-state index is 12.7.